The topological polar surface area (TPSA) is 55.2 Å². The number of Topliss-reactive ketones (excluding diaryl/α,β-unsaturated/α-hetero) is 1. The van der Waals surface area contributed by atoms with Crippen molar-refractivity contribution in [1.29, 1.82) is 0 Å². The van der Waals surface area contributed by atoms with Crippen LogP contribution in [0, 0.1) is 11.3 Å². The summed E-state index contributed by atoms with van der Waals surface area (Å²) in [6.07, 6.45) is 8.70. The zero-order valence-corrected chi connectivity index (χ0v) is 15.7. The van der Waals surface area contributed by atoms with E-state index >= 15 is 0 Å². The number of carbonyl (C=O) groups excluding carboxylic acids is 2. The maximum atomic E-state index is 13.1. The Bertz CT molecular complexity index is 781. The summed E-state index contributed by atoms with van der Waals surface area (Å²) in [5, 5.41) is 4.26. The van der Waals surface area contributed by atoms with Crippen molar-refractivity contribution < 1.29 is 9.59 Å². The van der Waals surface area contributed by atoms with E-state index in [1.54, 1.807) is 6.20 Å². The number of rotatable bonds is 7. The zero-order valence-electron chi connectivity index (χ0n) is 15.7. The van der Waals surface area contributed by atoms with Crippen molar-refractivity contribution in [1.82, 2.24) is 14.7 Å². The number of aryl methyl sites for hydroxylation is 1. The van der Waals surface area contributed by atoms with Crippen LogP contribution in [0.3, 0.4) is 0 Å². The smallest absolute Gasteiger partial charge is 0.230 e. The van der Waals surface area contributed by atoms with Gasteiger partial charge in [0.15, 0.2) is 0 Å². The highest BCUT2D eigenvalue weighted by Crippen LogP contribution is 2.49. The van der Waals surface area contributed by atoms with Gasteiger partial charge in [-0.25, -0.2) is 0 Å². The van der Waals surface area contributed by atoms with E-state index in [-0.39, 0.29) is 17.2 Å². The molecule has 0 radical (unpaired) electrons. The monoisotopic (exact) mass is 365 g/mol. The van der Waals surface area contributed by atoms with Gasteiger partial charge in [-0.15, -0.1) is 0 Å². The first-order chi connectivity index (χ1) is 13.2. The number of benzene rings is 1. The lowest BCUT2D eigenvalue weighted by Crippen LogP contribution is -2.46. The number of hydrogen-bond donors (Lipinski definition) is 0. The van der Waals surface area contributed by atoms with Gasteiger partial charge >= 0.3 is 0 Å². The van der Waals surface area contributed by atoms with Gasteiger partial charge in [-0.3, -0.25) is 14.3 Å². The third-order valence-corrected chi connectivity index (χ3v) is 6.00. The fourth-order valence-electron chi connectivity index (χ4n) is 4.17. The molecular weight excluding hydrogens is 338 g/mol. The predicted molar refractivity (Wildman–Crippen MR) is 103 cm³/mol. The molecule has 0 bridgehead atoms. The molecule has 2 aromatic rings. The highest BCUT2D eigenvalue weighted by molar-refractivity contribution is 5.87. The first-order valence-electron chi connectivity index (χ1n) is 10.00. The van der Waals surface area contributed by atoms with Gasteiger partial charge in [-0.1, -0.05) is 30.3 Å². The van der Waals surface area contributed by atoms with Crippen LogP contribution in [0.4, 0.5) is 0 Å². The second kappa shape index (κ2) is 7.67. The summed E-state index contributed by atoms with van der Waals surface area (Å²) >= 11 is 0. The van der Waals surface area contributed by atoms with E-state index in [0.29, 0.717) is 25.3 Å². The van der Waals surface area contributed by atoms with Crippen molar-refractivity contribution in [2.45, 2.75) is 45.1 Å². The first kappa shape index (κ1) is 18.0. The molecule has 5 heteroatoms. The Morgan fingerprint density at radius 2 is 1.96 bits per heavy atom. The van der Waals surface area contributed by atoms with Crippen molar-refractivity contribution >= 4 is 11.7 Å². The van der Waals surface area contributed by atoms with Gasteiger partial charge in [0.1, 0.15) is 5.78 Å². The molecule has 1 saturated carbocycles. The fourth-order valence-corrected chi connectivity index (χ4v) is 4.17. The molecule has 0 spiro atoms. The third-order valence-electron chi connectivity index (χ3n) is 6.00. The van der Waals surface area contributed by atoms with Gasteiger partial charge in [0.2, 0.25) is 5.91 Å². The molecule has 1 aliphatic heterocycles. The molecule has 27 heavy (non-hydrogen) atoms. The minimum atomic E-state index is -0.291. The summed E-state index contributed by atoms with van der Waals surface area (Å²) in [6.45, 7) is 2.03. The van der Waals surface area contributed by atoms with Crippen LogP contribution in [0.25, 0.3) is 0 Å². The Morgan fingerprint density at radius 3 is 2.67 bits per heavy atom. The molecule has 1 atom stereocenters. The zero-order chi connectivity index (χ0) is 18.7. The van der Waals surface area contributed by atoms with E-state index < -0.39 is 0 Å². The molecule has 4 rings (SSSR count). The second-order valence-corrected chi connectivity index (χ2v) is 8.03. The molecule has 2 heterocycles. The number of aromatic nitrogens is 2. The molecule has 2 fully saturated rings. The SMILES string of the molecule is O=C(CCc1ccccc1)[C@@H]1CCCN(C(=O)C2(Cn3cccn3)CC2)C1. The van der Waals surface area contributed by atoms with Crippen molar-refractivity contribution in [3.63, 3.8) is 0 Å². The minimum absolute atomic E-state index is 0.00749. The van der Waals surface area contributed by atoms with Gasteiger partial charge < -0.3 is 4.90 Å². The van der Waals surface area contributed by atoms with E-state index in [2.05, 4.69) is 17.2 Å². The van der Waals surface area contributed by atoms with Crippen LogP contribution in [-0.2, 0) is 22.6 Å². The number of likely N-dealkylation sites (tertiary alicyclic amines) is 1. The highest BCUT2D eigenvalue weighted by atomic mass is 16.2. The van der Waals surface area contributed by atoms with Crippen molar-refractivity contribution in [3.8, 4) is 0 Å². The summed E-state index contributed by atoms with van der Waals surface area (Å²) in [4.78, 5) is 27.8. The number of piperidine rings is 1. The van der Waals surface area contributed by atoms with Gasteiger partial charge in [0.05, 0.1) is 12.0 Å². The molecule has 1 aliphatic carbocycles. The van der Waals surface area contributed by atoms with Crippen molar-refractivity contribution in [2.75, 3.05) is 13.1 Å². The van der Waals surface area contributed by atoms with Gasteiger partial charge in [0.25, 0.3) is 0 Å². The average Bonchev–Trinajstić information content (AvgIpc) is 3.31. The van der Waals surface area contributed by atoms with Crippen LogP contribution in [0.2, 0.25) is 0 Å². The molecular formula is C22H27N3O2. The summed E-state index contributed by atoms with van der Waals surface area (Å²) in [5.74, 6) is 0.513. The molecule has 142 valence electrons. The van der Waals surface area contributed by atoms with Crippen LogP contribution in [0.5, 0.6) is 0 Å². The Balaban J connectivity index is 1.33. The lowest BCUT2D eigenvalue weighted by molar-refractivity contribution is -0.141. The fraction of sp³-hybridized carbons (Fsp3) is 0.500. The van der Waals surface area contributed by atoms with Gasteiger partial charge in [-0.05, 0) is 43.7 Å². The molecule has 1 aromatic carbocycles. The summed E-state index contributed by atoms with van der Waals surface area (Å²) in [7, 11) is 0. The van der Waals surface area contributed by atoms with Crippen molar-refractivity contribution in [2.24, 2.45) is 11.3 Å². The maximum Gasteiger partial charge on any atom is 0.230 e. The van der Waals surface area contributed by atoms with Crippen LogP contribution in [0.15, 0.2) is 48.8 Å². The van der Waals surface area contributed by atoms with E-state index in [9.17, 15) is 9.59 Å². The Hall–Kier alpha value is -2.43. The first-order valence-corrected chi connectivity index (χ1v) is 10.00. The lowest BCUT2D eigenvalue weighted by Gasteiger charge is -2.34. The summed E-state index contributed by atoms with van der Waals surface area (Å²) in [5.41, 5.74) is 0.909. The number of nitrogens with zero attached hydrogens (tertiary/aromatic N) is 3. The van der Waals surface area contributed by atoms with E-state index in [4.69, 9.17) is 0 Å². The number of carbonyl (C=O) groups is 2. The van der Waals surface area contributed by atoms with E-state index in [0.717, 1.165) is 38.6 Å². The van der Waals surface area contributed by atoms with E-state index in [1.165, 1.54) is 5.56 Å². The molecule has 5 nitrogen and oxygen atoms in total. The van der Waals surface area contributed by atoms with Crippen LogP contribution in [-0.4, -0.2) is 39.5 Å². The quantitative estimate of drug-likeness (QED) is 0.758. The maximum absolute atomic E-state index is 13.1. The number of hydrogen-bond acceptors (Lipinski definition) is 3. The molecule has 1 amide bonds. The van der Waals surface area contributed by atoms with Crippen LogP contribution in [0.1, 0.15) is 37.7 Å². The largest absolute Gasteiger partial charge is 0.341 e. The Labute approximate surface area is 160 Å². The third kappa shape index (κ3) is 4.12. The molecule has 1 saturated heterocycles. The second-order valence-electron chi connectivity index (χ2n) is 8.03. The Morgan fingerprint density at radius 1 is 1.15 bits per heavy atom. The standard InChI is InChI=1S/C22H27N3O2/c26-20(10-9-18-6-2-1-3-7-18)19-8-4-14-24(16-19)21(27)22(11-12-22)17-25-15-5-13-23-25/h1-3,5-7,13,15,19H,4,8-12,14,16-17H2/t19-/m1/s1. The predicted octanol–water partition coefficient (Wildman–Crippen LogP) is 3.10. The minimum Gasteiger partial charge on any atom is -0.341 e. The van der Waals surface area contributed by atoms with Gasteiger partial charge in [0, 0.05) is 37.8 Å². The van der Waals surface area contributed by atoms with Crippen molar-refractivity contribution in [3.05, 3.63) is 54.4 Å². The van der Waals surface area contributed by atoms with E-state index in [1.807, 2.05) is 40.0 Å². The normalized spacial score (nSPS) is 21.0. The molecule has 0 N–H and O–H groups in total. The summed E-state index contributed by atoms with van der Waals surface area (Å²) in [6, 6.07) is 12.0. The molecule has 2 aliphatic rings. The molecule has 0 unspecified atom stereocenters. The molecule has 1 aromatic heterocycles. The van der Waals surface area contributed by atoms with Crippen LogP contribution >= 0.6 is 0 Å². The number of ketones is 1. The summed E-state index contributed by atoms with van der Waals surface area (Å²) < 4.78 is 1.86. The Kier molecular flexibility index (Phi) is 5.10. The highest BCUT2D eigenvalue weighted by Gasteiger charge is 2.52. The lowest BCUT2D eigenvalue weighted by atomic mass is 9.89. The number of amides is 1. The van der Waals surface area contributed by atoms with Gasteiger partial charge in [-0.2, -0.15) is 5.10 Å². The van der Waals surface area contributed by atoms with Crippen LogP contribution < -0.4 is 0 Å². The average molecular weight is 365 g/mol.